The lowest BCUT2D eigenvalue weighted by molar-refractivity contribution is -0.109. The van der Waals surface area contributed by atoms with E-state index in [0.717, 1.165) is 10.2 Å². The molecule has 0 saturated heterocycles. The first-order chi connectivity index (χ1) is 5.13. The Morgan fingerprint density at radius 3 is 1.64 bits per heavy atom. The van der Waals surface area contributed by atoms with E-state index < -0.39 is 0 Å². The van der Waals surface area contributed by atoms with Crippen LogP contribution in [-0.2, 0) is 9.59 Å². The van der Waals surface area contributed by atoms with Gasteiger partial charge in [0.25, 0.3) is 0 Å². The molecule has 0 radical (unpaired) electrons. The topological polar surface area (TPSA) is 34.1 Å². The highest BCUT2D eigenvalue weighted by molar-refractivity contribution is 8.30. The van der Waals surface area contributed by atoms with Crippen LogP contribution in [0.15, 0.2) is 0 Å². The number of carbonyl (C=O) groups is 2. The van der Waals surface area contributed by atoms with E-state index in [4.69, 9.17) is 0 Å². The number of rotatable bonds is 4. The molecule has 0 aromatic heterocycles. The van der Waals surface area contributed by atoms with Gasteiger partial charge in [-0.25, -0.2) is 0 Å². The van der Waals surface area contributed by atoms with Crippen LogP contribution in [0.1, 0.15) is 13.8 Å². The van der Waals surface area contributed by atoms with Gasteiger partial charge >= 0.3 is 0 Å². The van der Waals surface area contributed by atoms with Gasteiger partial charge in [-0.3, -0.25) is 9.59 Å². The van der Waals surface area contributed by atoms with Crippen molar-refractivity contribution in [1.29, 1.82) is 0 Å². The smallest absolute Gasteiger partial charge is 0.186 e. The zero-order valence-corrected chi connectivity index (χ0v) is 8.90. The average Bonchev–Trinajstić information content (AvgIpc) is 1.85. The maximum atomic E-state index is 10.4. The van der Waals surface area contributed by atoms with Gasteiger partial charge in [-0.1, -0.05) is 23.5 Å². The van der Waals surface area contributed by atoms with Crippen molar-refractivity contribution in [3.05, 3.63) is 0 Å². The van der Waals surface area contributed by atoms with Crippen LogP contribution in [-0.4, -0.2) is 20.4 Å². The number of thioether (sulfide) groups is 3. The van der Waals surface area contributed by atoms with E-state index in [-0.39, 0.29) is 10.2 Å². The zero-order chi connectivity index (χ0) is 8.69. The van der Waals surface area contributed by atoms with Crippen molar-refractivity contribution in [2.75, 3.05) is 10.2 Å². The van der Waals surface area contributed by atoms with Crippen LogP contribution in [0, 0.1) is 0 Å². The molecule has 0 heterocycles. The SMILES string of the molecule is CC(=O)SCSCSC(C)=O. The van der Waals surface area contributed by atoms with Crippen LogP contribution >= 0.6 is 35.3 Å². The van der Waals surface area contributed by atoms with Crippen molar-refractivity contribution >= 4 is 45.5 Å². The van der Waals surface area contributed by atoms with E-state index in [9.17, 15) is 9.59 Å². The third-order valence-corrected chi connectivity index (χ3v) is 3.78. The third kappa shape index (κ3) is 10.4. The molecule has 0 aliphatic heterocycles. The second-order valence-corrected chi connectivity index (χ2v) is 5.73. The van der Waals surface area contributed by atoms with E-state index in [1.165, 1.54) is 23.5 Å². The van der Waals surface area contributed by atoms with Crippen molar-refractivity contribution in [2.45, 2.75) is 13.8 Å². The zero-order valence-electron chi connectivity index (χ0n) is 6.46. The second kappa shape index (κ2) is 7.06. The molecular weight excluding hydrogens is 200 g/mol. The van der Waals surface area contributed by atoms with Crippen molar-refractivity contribution in [1.82, 2.24) is 0 Å². The number of hydrogen-bond acceptors (Lipinski definition) is 5. The summed E-state index contributed by atoms with van der Waals surface area (Å²) in [6.45, 7) is 3.09. The molecule has 0 unspecified atom stereocenters. The highest BCUT2D eigenvalue weighted by Gasteiger charge is 1.96. The minimum absolute atomic E-state index is 0.130. The maximum absolute atomic E-state index is 10.4. The summed E-state index contributed by atoms with van der Waals surface area (Å²) in [7, 11) is 0. The number of hydrogen-bond donors (Lipinski definition) is 0. The molecule has 5 heteroatoms. The van der Waals surface area contributed by atoms with Crippen molar-refractivity contribution in [2.24, 2.45) is 0 Å². The van der Waals surface area contributed by atoms with Gasteiger partial charge in [0.05, 0.1) is 0 Å². The van der Waals surface area contributed by atoms with Crippen molar-refractivity contribution in [3.8, 4) is 0 Å². The molecule has 0 spiro atoms. The molecule has 11 heavy (non-hydrogen) atoms. The van der Waals surface area contributed by atoms with Crippen LogP contribution < -0.4 is 0 Å². The number of carbonyl (C=O) groups excluding carboxylic acids is 2. The summed E-state index contributed by atoms with van der Waals surface area (Å²) in [6, 6.07) is 0. The highest BCUT2D eigenvalue weighted by Crippen LogP contribution is 2.17. The van der Waals surface area contributed by atoms with E-state index >= 15 is 0 Å². The lowest BCUT2D eigenvalue weighted by Gasteiger charge is -1.95. The Hall–Kier alpha value is 0.390. The van der Waals surface area contributed by atoms with Gasteiger partial charge in [-0.05, 0) is 0 Å². The molecule has 64 valence electrons. The molecule has 0 saturated carbocycles. The Kier molecular flexibility index (Phi) is 7.31. The standard InChI is InChI=1S/C6H10O2S3/c1-5(7)10-3-9-4-11-6(2)8/h3-4H2,1-2H3. The highest BCUT2D eigenvalue weighted by atomic mass is 32.2. The second-order valence-electron chi connectivity index (χ2n) is 1.71. The molecule has 0 fully saturated rings. The quantitative estimate of drug-likeness (QED) is 0.525. The van der Waals surface area contributed by atoms with Gasteiger partial charge in [0.2, 0.25) is 0 Å². The maximum Gasteiger partial charge on any atom is 0.186 e. The predicted molar refractivity (Wildman–Crippen MR) is 53.9 cm³/mol. The van der Waals surface area contributed by atoms with Crippen LogP contribution in [0.5, 0.6) is 0 Å². The van der Waals surface area contributed by atoms with Gasteiger partial charge in [0, 0.05) is 24.0 Å². The summed E-state index contributed by atoms with van der Waals surface area (Å²) in [4.78, 5) is 20.8. The monoisotopic (exact) mass is 210 g/mol. The summed E-state index contributed by atoms with van der Waals surface area (Å²) < 4.78 is 0. The van der Waals surface area contributed by atoms with Gasteiger partial charge < -0.3 is 0 Å². The molecule has 0 aromatic carbocycles. The molecule has 0 bridgehead atoms. The molecule has 0 rings (SSSR count). The van der Waals surface area contributed by atoms with E-state index in [1.807, 2.05) is 0 Å². The molecule has 0 amide bonds. The van der Waals surface area contributed by atoms with Crippen LogP contribution in [0.3, 0.4) is 0 Å². The molecule has 0 atom stereocenters. The molecule has 0 aromatic rings. The summed E-state index contributed by atoms with van der Waals surface area (Å²) in [5.74, 6) is 0. The van der Waals surface area contributed by atoms with Gasteiger partial charge in [0.1, 0.15) is 0 Å². The van der Waals surface area contributed by atoms with Gasteiger partial charge in [0.15, 0.2) is 10.2 Å². The Bertz CT molecular complexity index is 131. The lowest BCUT2D eigenvalue weighted by atomic mass is 10.9. The molecular formula is C6H10O2S3. The Morgan fingerprint density at radius 1 is 1.00 bits per heavy atom. The third-order valence-electron chi connectivity index (χ3n) is 0.691. The first-order valence-corrected chi connectivity index (χ1v) is 6.10. The summed E-state index contributed by atoms with van der Waals surface area (Å²) >= 11 is 4.16. The van der Waals surface area contributed by atoms with Crippen LogP contribution in [0.2, 0.25) is 0 Å². The van der Waals surface area contributed by atoms with Crippen LogP contribution in [0.25, 0.3) is 0 Å². The Morgan fingerprint density at radius 2 is 1.36 bits per heavy atom. The largest absolute Gasteiger partial charge is 0.288 e. The van der Waals surface area contributed by atoms with Crippen LogP contribution in [0.4, 0.5) is 0 Å². The fourth-order valence-corrected chi connectivity index (χ4v) is 3.16. The molecule has 2 nitrogen and oxygen atoms in total. The van der Waals surface area contributed by atoms with Gasteiger partial charge in [-0.2, -0.15) is 0 Å². The summed E-state index contributed by atoms with van der Waals surface area (Å²) in [5, 5.41) is 1.75. The van der Waals surface area contributed by atoms with Crippen molar-refractivity contribution in [3.63, 3.8) is 0 Å². The van der Waals surface area contributed by atoms with Crippen molar-refractivity contribution < 1.29 is 9.59 Å². The minimum Gasteiger partial charge on any atom is -0.288 e. The molecule has 0 aliphatic carbocycles. The van der Waals surface area contributed by atoms with E-state index in [1.54, 1.807) is 25.6 Å². The van der Waals surface area contributed by atoms with E-state index in [0.29, 0.717) is 0 Å². The molecule has 0 aliphatic rings. The predicted octanol–water partition coefficient (Wildman–Crippen LogP) is 2.19. The average molecular weight is 210 g/mol. The fourth-order valence-electron chi connectivity index (χ4n) is 0.283. The molecule has 0 N–H and O–H groups in total. The summed E-state index contributed by atoms with van der Waals surface area (Å²) in [6.07, 6.45) is 0. The van der Waals surface area contributed by atoms with E-state index in [2.05, 4.69) is 0 Å². The first kappa shape index (κ1) is 11.4. The Labute approximate surface area is 79.3 Å². The van der Waals surface area contributed by atoms with Gasteiger partial charge in [-0.15, -0.1) is 11.8 Å². The first-order valence-electron chi connectivity index (χ1n) is 2.97. The Balaban J connectivity index is 3.03. The summed E-state index contributed by atoms with van der Waals surface area (Å²) in [5.41, 5.74) is 0. The minimum atomic E-state index is 0.130. The fraction of sp³-hybridized carbons (Fsp3) is 0.667. The lowest BCUT2D eigenvalue weighted by Crippen LogP contribution is -1.84. The normalized spacial score (nSPS) is 9.64.